The first-order valence-corrected chi connectivity index (χ1v) is 7.93. The van der Waals surface area contributed by atoms with Gasteiger partial charge in [0.15, 0.2) is 15.3 Å². The van der Waals surface area contributed by atoms with Crippen LogP contribution in [0.3, 0.4) is 0 Å². The number of benzene rings is 1. The molecule has 0 radical (unpaired) electrons. The Kier molecular flexibility index (Phi) is 3.63. The van der Waals surface area contributed by atoms with Crippen molar-refractivity contribution < 1.29 is 13.2 Å². The second kappa shape index (κ2) is 5.03. The third-order valence-corrected chi connectivity index (χ3v) is 5.14. The van der Waals surface area contributed by atoms with Crippen LogP contribution in [0.5, 0.6) is 0 Å². The minimum absolute atomic E-state index is 0.223. The van der Waals surface area contributed by atoms with Crippen LogP contribution >= 0.6 is 11.8 Å². The summed E-state index contributed by atoms with van der Waals surface area (Å²) in [5.74, 6) is -0.247. The summed E-state index contributed by atoms with van der Waals surface area (Å²) in [6.07, 6.45) is 2.53. The second-order valence-electron chi connectivity index (χ2n) is 3.74. The second-order valence-corrected chi connectivity index (χ2v) is 7.13. The highest BCUT2D eigenvalue weighted by Crippen LogP contribution is 2.28. The van der Waals surface area contributed by atoms with Gasteiger partial charge in [-0.05, 0) is 12.1 Å². The molecule has 5 nitrogen and oxygen atoms in total. The number of hydrogen-bond acceptors (Lipinski definition) is 5. The van der Waals surface area contributed by atoms with Crippen LogP contribution in [0.1, 0.15) is 10.4 Å². The molecule has 0 saturated heterocycles. The minimum atomic E-state index is -3.23. The number of carbonyl (C=O) groups excluding carboxylic acids is 1. The van der Waals surface area contributed by atoms with Crippen LogP contribution in [0.25, 0.3) is 0 Å². The average molecular weight is 284 g/mol. The Morgan fingerprint density at radius 1 is 1.33 bits per heavy atom. The molecule has 0 saturated carbocycles. The van der Waals surface area contributed by atoms with Crippen molar-refractivity contribution in [1.29, 1.82) is 0 Å². The van der Waals surface area contributed by atoms with Crippen molar-refractivity contribution in [3.05, 3.63) is 46.3 Å². The van der Waals surface area contributed by atoms with Gasteiger partial charge in [0.2, 0.25) is 0 Å². The van der Waals surface area contributed by atoms with Gasteiger partial charge in [-0.2, -0.15) is 0 Å². The Labute approximate surface area is 110 Å². The van der Waals surface area contributed by atoms with Crippen LogP contribution in [0.15, 0.2) is 40.8 Å². The maximum Gasteiger partial charge on any atom is 0.253 e. The normalized spacial score (nSPS) is 18.9. The smallest absolute Gasteiger partial charge is 0.253 e. The number of nitrogens with one attached hydrogen (secondary N) is 2. The summed E-state index contributed by atoms with van der Waals surface area (Å²) < 4.78 is 22.8. The van der Waals surface area contributed by atoms with Crippen LogP contribution < -0.4 is 10.6 Å². The molecule has 0 aromatic heterocycles. The maximum atomic E-state index is 11.8. The molecule has 1 unspecified atom stereocenters. The zero-order valence-electron chi connectivity index (χ0n) is 9.58. The minimum Gasteiger partial charge on any atom is -0.361 e. The third-order valence-electron chi connectivity index (χ3n) is 2.25. The number of thioether (sulfide) groups is 1. The molecule has 0 spiro atoms. The van der Waals surface area contributed by atoms with E-state index in [1.165, 1.54) is 6.20 Å². The van der Waals surface area contributed by atoms with E-state index in [4.69, 9.17) is 0 Å². The van der Waals surface area contributed by atoms with Gasteiger partial charge in [0.05, 0.1) is 0 Å². The first-order chi connectivity index (χ1) is 8.47. The zero-order chi connectivity index (χ0) is 13.2. The van der Waals surface area contributed by atoms with Gasteiger partial charge in [-0.1, -0.05) is 30.0 Å². The SMILES string of the molecule is CS(=O)(=O)C1=CNC(NC(=O)c2ccccc2)S1. The van der Waals surface area contributed by atoms with Crippen molar-refractivity contribution >= 4 is 27.5 Å². The Hall–Kier alpha value is -1.47. The largest absolute Gasteiger partial charge is 0.361 e. The van der Waals surface area contributed by atoms with Crippen LogP contribution in [-0.4, -0.2) is 26.1 Å². The summed E-state index contributed by atoms with van der Waals surface area (Å²) in [4.78, 5) is 11.8. The van der Waals surface area contributed by atoms with Crippen LogP contribution in [0.4, 0.5) is 0 Å². The number of carbonyl (C=O) groups is 1. The molecule has 18 heavy (non-hydrogen) atoms. The Balaban J connectivity index is 1.97. The molecule has 0 fully saturated rings. The summed E-state index contributed by atoms with van der Waals surface area (Å²) in [5.41, 5.74) is 0.0788. The molecule has 1 aliphatic rings. The molecule has 2 rings (SSSR count). The lowest BCUT2D eigenvalue weighted by Gasteiger charge is -2.12. The van der Waals surface area contributed by atoms with Gasteiger partial charge in [0.1, 0.15) is 4.24 Å². The molecule has 0 bridgehead atoms. The lowest BCUT2D eigenvalue weighted by atomic mass is 10.2. The molecule has 1 aliphatic heterocycles. The topological polar surface area (TPSA) is 75.3 Å². The van der Waals surface area contributed by atoms with Crippen LogP contribution in [0.2, 0.25) is 0 Å². The van der Waals surface area contributed by atoms with Crippen LogP contribution in [0, 0.1) is 0 Å². The predicted octanol–water partition coefficient (Wildman–Crippen LogP) is 0.880. The molecule has 1 aromatic carbocycles. The molecule has 1 heterocycles. The molecule has 0 aliphatic carbocycles. The van der Waals surface area contributed by atoms with E-state index < -0.39 is 15.3 Å². The zero-order valence-corrected chi connectivity index (χ0v) is 11.2. The lowest BCUT2D eigenvalue weighted by molar-refractivity contribution is 0.0947. The summed E-state index contributed by atoms with van der Waals surface area (Å²) >= 11 is 1.07. The molecule has 96 valence electrons. The van der Waals surface area contributed by atoms with Crippen molar-refractivity contribution in [1.82, 2.24) is 10.6 Å². The average Bonchev–Trinajstić information content (AvgIpc) is 2.78. The molecule has 1 aromatic rings. The number of hydrogen-bond donors (Lipinski definition) is 2. The first kappa shape index (κ1) is 13.0. The van der Waals surface area contributed by atoms with E-state index >= 15 is 0 Å². The summed E-state index contributed by atoms with van der Waals surface area (Å²) in [6, 6.07) is 8.75. The standard InChI is InChI=1S/C11H12N2O3S2/c1-18(15,16)9-7-12-11(17-9)13-10(14)8-5-3-2-4-6-8/h2-7,11-12H,1H3,(H,13,14). The predicted molar refractivity (Wildman–Crippen MR) is 71.3 cm³/mol. The van der Waals surface area contributed by atoms with Crippen molar-refractivity contribution in [2.45, 2.75) is 5.50 Å². The van der Waals surface area contributed by atoms with E-state index in [9.17, 15) is 13.2 Å². The van der Waals surface area contributed by atoms with Gasteiger partial charge >= 0.3 is 0 Å². The Morgan fingerprint density at radius 2 is 2.00 bits per heavy atom. The van der Waals surface area contributed by atoms with Gasteiger partial charge in [-0.25, -0.2) is 8.42 Å². The van der Waals surface area contributed by atoms with Crippen molar-refractivity contribution in [3.63, 3.8) is 0 Å². The number of rotatable bonds is 3. The monoisotopic (exact) mass is 284 g/mol. The van der Waals surface area contributed by atoms with E-state index in [0.717, 1.165) is 18.0 Å². The highest BCUT2D eigenvalue weighted by molar-refractivity contribution is 8.18. The van der Waals surface area contributed by atoms with Gasteiger partial charge < -0.3 is 10.6 Å². The lowest BCUT2D eigenvalue weighted by Crippen LogP contribution is -2.38. The van der Waals surface area contributed by atoms with Crippen molar-refractivity contribution in [2.24, 2.45) is 0 Å². The number of sulfone groups is 1. The highest BCUT2D eigenvalue weighted by Gasteiger charge is 2.25. The first-order valence-electron chi connectivity index (χ1n) is 5.16. The van der Waals surface area contributed by atoms with E-state index in [0.29, 0.717) is 5.56 Å². The van der Waals surface area contributed by atoms with Gasteiger partial charge in [-0.15, -0.1) is 0 Å². The molecule has 1 atom stereocenters. The fraction of sp³-hybridized carbons (Fsp3) is 0.182. The molecule has 2 N–H and O–H groups in total. The molecular formula is C11H12N2O3S2. The Bertz CT molecular complexity index is 582. The third kappa shape index (κ3) is 3.05. The van der Waals surface area contributed by atoms with E-state index in [1.54, 1.807) is 24.3 Å². The summed E-state index contributed by atoms with van der Waals surface area (Å²) in [5, 5.41) is 5.50. The van der Waals surface area contributed by atoms with Crippen molar-refractivity contribution in [2.75, 3.05) is 6.26 Å². The molecular weight excluding hydrogens is 272 g/mol. The van der Waals surface area contributed by atoms with Gasteiger partial charge in [-0.3, -0.25) is 4.79 Å². The maximum absolute atomic E-state index is 11.8. The van der Waals surface area contributed by atoms with Crippen LogP contribution in [-0.2, 0) is 9.84 Å². The fourth-order valence-electron chi connectivity index (χ4n) is 1.39. The summed E-state index contributed by atoms with van der Waals surface area (Å²) in [7, 11) is -3.23. The van der Waals surface area contributed by atoms with Gasteiger partial charge in [0, 0.05) is 18.0 Å². The van der Waals surface area contributed by atoms with Gasteiger partial charge in [0.25, 0.3) is 5.91 Å². The highest BCUT2D eigenvalue weighted by atomic mass is 32.3. The summed E-state index contributed by atoms with van der Waals surface area (Å²) in [6.45, 7) is 0. The van der Waals surface area contributed by atoms with E-state index in [1.807, 2.05) is 6.07 Å². The number of amides is 1. The quantitative estimate of drug-likeness (QED) is 0.862. The van der Waals surface area contributed by atoms with E-state index in [2.05, 4.69) is 10.6 Å². The Morgan fingerprint density at radius 3 is 2.56 bits per heavy atom. The van der Waals surface area contributed by atoms with Crippen molar-refractivity contribution in [3.8, 4) is 0 Å². The van der Waals surface area contributed by atoms with E-state index in [-0.39, 0.29) is 10.1 Å². The molecule has 1 amide bonds. The molecule has 7 heteroatoms. The fourth-order valence-corrected chi connectivity index (χ4v) is 3.33.